The molecule has 1 fully saturated rings. The van der Waals surface area contributed by atoms with E-state index in [1.54, 1.807) is 6.07 Å². The number of aromatic hydroxyl groups is 2. The van der Waals surface area contributed by atoms with Gasteiger partial charge in [0.25, 0.3) is 0 Å². The second-order valence-electron chi connectivity index (χ2n) is 4.97. The third-order valence-electron chi connectivity index (χ3n) is 3.50. The van der Waals surface area contributed by atoms with Gasteiger partial charge in [-0.1, -0.05) is 6.07 Å². The molecule has 0 radical (unpaired) electrons. The van der Waals surface area contributed by atoms with E-state index in [1.807, 2.05) is 6.07 Å². The van der Waals surface area contributed by atoms with E-state index in [0.29, 0.717) is 5.92 Å². The van der Waals surface area contributed by atoms with Crippen molar-refractivity contribution < 1.29 is 10.2 Å². The molecule has 1 aliphatic heterocycles. The fraction of sp³-hybridized carbons (Fsp3) is 0.538. The van der Waals surface area contributed by atoms with Crippen LogP contribution < -0.4 is 5.73 Å². The van der Waals surface area contributed by atoms with Crippen molar-refractivity contribution in [3.05, 3.63) is 23.8 Å². The standard InChI is InChI=1S/C13H20N2O2/c1-9(14)11-4-5-15(8-11)7-10-2-3-12(16)13(17)6-10/h2-3,6,9,11,16-17H,4-5,7-8,14H2,1H3. The molecule has 94 valence electrons. The minimum absolute atomic E-state index is 0.0505. The van der Waals surface area contributed by atoms with Crippen molar-refractivity contribution in [3.63, 3.8) is 0 Å². The highest BCUT2D eigenvalue weighted by atomic mass is 16.3. The van der Waals surface area contributed by atoms with Crippen LogP contribution in [0.4, 0.5) is 0 Å². The van der Waals surface area contributed by atoms with Crippen LogP contribution in [0.15, 0.2) is 18.2 Å². The van der Waals surface area contributed by atoms with Gasteiger partial charge >= 0.3 is 0 Å². The third-order valence-corrected chi connectivity index (χ3v) is 3.50. The lowest BCUT2D eigenvalue weighted by molar-refractivity contribution is 0.307. The smallest absolute Gasteiger partial charge is 0.157 e. The summed E-state index contributed by atoms with van der Waals surface area (Å²) in [5.74, 6) is 0.454. The quantitative estimate of drug-likeness (QED) is 0.691. The lowest BCUT2D eigenvalue weighted by Crippen LogP contribution is -2.29. The van der Waals surface area contributed by atoms with E-state index in [1.165, 1.54) is 6.07 Å². The van der Waals surface area contributed by atoms with Gasteiger partial charge in [0.05, 0.1) is 0 Å². The highest BCUT2D eigenvalue weighted by molar-refractivity contribution is 5.40. The molecule has 2 atom stereocenters. The first-order valence-electron chi connectivity index (χ1n) is 6.05. The summed E-state index contributed by atoms with van der Waals surface area (Å²) in [6.07, 6.45) is 1.14. The molecule has 17 heavy (non-hydrogen) atoms. The van der Waals surface area contributed by atoms with Crippen molar-refractivity contribution in [1.82, 2.24) is 4.90 Å². The van der Waals surface area contributed by atoms with Crippen LogP contribution in [0.3, 0.4) is 0 Å². The Bertz CT molecular complexity index is 393. The number of phenols is 2. The number of nitrogens with two attached hydrogens (primary N) is 1. The topological polar surface area (TPSA) is 69.7 Å². The lowest BCUT2D eigenvalue weighted by Gasteiger charge is -2.18. The molecule has 0 bridgehead atoms. The minimum Gasteiger partial charge on any atom is -0.504 e. The summed E-state index contributed by atoms with van der Waals surface area (Å²) in [4.78, 5) is 2.33. The van der Waals surface area contributed by atoms with Crippen LogP contribution in [0.5, 0.6) is 11.5 Å². The SMILES string of the molecule is CC(N)C1CCN(Cc2ccc(O)c(O)c2)C1. The summed E-state index contributed by atoms with van der Waals surface area (Å²) < 4.78 is 0. The minimum atomic E-state index is -0.0661. The molecule has 0 spiro atoms. The highest BCUT2D eigenvalue weighted by Crippen LogP contribution is 2.27. The van der Waals surface area contributed by atoms with Gasteiger partial charge in [-0.05, 0) is 43.5 Å². The second kappa shape index (κ2) is 4.94. The van der Waals surface area contributed by atoms with Crippen LogP contribution in [0.2, 0.25) is 0 Å². The first kappa shape index (κ1) is 12.2. The van der Waals surface area contributed by atoms with Crippen LogP contribution >= 0.6 is 0 Å². The molecule has 1 aliphatic rings. The Kier molecular flexibility index (Phi) is 3.54. The Labute approximate surface area is 102 Å². The molecular formula is C13H20N2O2. The Hall–Kier alpha value is -1.26. The summed E-state index contributed by atoms with van der Waals surface area (Å²) >= 11 is 0. The molecule has 0 amide bonds. The Morgan fingerprint density at radius 3 is 2.76 bits per heavy atom. The Morgan fingerprint density at radius 1 is 1.41 bits per heavy atom. The van der Waals surface area contributed by atoms with Crippen molar-refractivity contribution in [2.45, 2.75) is 25.9 Å². The summed E-state index contributed by atoms with van der Waals surface area (Å²) in [5, 5.41) is 18.7. The molecule has 1 aromatic rings. The van der Waals surface area contributed by atoms with E-state index in [2.05, 4.69) is 11.8 Å². The van der Waals surface area contributed by atoms with Crippen molar-refractivity contribution in [3.8, 4) is 11.5 Å². The molecular weight excluding hydrogens is 216 g/mol. The first-order chi connectivity index (χ1) is 8.06. The molecule has 4 nitrogen and oxygen atoms in total. The van der Waals surface area contributed by atoms with Crippen LogP contribution in [0.25, 0.3) is 0 Å². The lowest BCUT2D eigenvalue weighted by atomic mass is 10.0. The van der Waals surface area contributed by atoms with Gasteiger partial charge < -0.3 is 15.9 Å². The van der Waals surface area contributed by atoms with Gasteiger partial charge in [0.2, 0.25) is 0 Å². The van der Waals surface area contributed by atoms with Gasteiger partial charge in [0.1, 0.15) is 0 Å². The molecule has 0 saturated carbocycles. The van der Waals surface area contributed by atoms with Gasteiger partial charge in [-0.25, -0.2) is 0 Å². The van der Waals surface area contributed by atoms with Crippen molar-refractivity contribution >= 4 is 0 Å². The van der Waals surface area contributed by atoms with Crippen LogP contribution in [-0.2, 0) is 6.54 Å². The van der Waals surface area contributed by atoms with E-state index >= 15 is 0 Å². The number of nitrogens with zero attached hydrogens (tertiary/aromatic N) is 1. The van der Waals surface area contributed by atoms with Gasteiger partial charge in [-0.3, -0.25) is 4.90 Å². The molecule has 1 heterocycles. The average molecular weight is 236 g/mol. The van der Waals surface area contributed by atoms with Crippen LogP contribution in [0, 0.1) is 5.92 Å². The third kappa shape index (κ3) is 2.90. The molecule has 0 aliphatic carbocycles. The van der Waals surface area contributed by atoms with E-state index in [-0.39, 0.29) is 17.5 Å². The molecule has 0 aromatic heterocycles. The number of hydrogen-bond donors (Lipinski definition) is 3. The number of hydrogen-bond acceptors (Lipinski definition) is 4. The van der Waals surface area contributed by atoms with E-state index in [0.717, 1.165) is 31.6 Å². The summed E-state index contributed by atoms with van der Waals surface area (Å²) in [6, 6.07) is 5.24. The largest absolute Gasteiger partial charge is 0.504 e. The summed E-state index contributed by atoms with van der Waals surface area (Å²) in [5.41, 5.74) is 6.92. The predicted octanol–water partition coefficient (Wildman–Crippen LogP) is 1.27. The number of likely N-dealkylation sites (tertiary alicyclic amines) is 1. The van der Waals surface area contributed by atoms with Gasteiger partial charge in [0.15, 0.2) is 11.5 Å². The Balaban J connectivity index is 1.96. The first-order valence-corrected chi connectivity index (χ1v) is 6.05. The zero-order valence-corrected chi connectivity index (χ0v) is 10.1. The summed E-state index contributed by atoms with van der Waals surface area (Å²) in [6.45, 7) is 4.92. The molecule has 2 unspecified atom stereocenters. The van der Waals surface area contributed by atoms with Crippen LogP contribution in [-0.4, -0.2) is 34.2 Å². The van der Waals surface area contributed by atoms with Crippen LogP contribution in [0.1, 0.15) is 18.9 Å². The fourth-order valence-corrected chi connectivity index (χ4v) is 2.36. The molecule has 4 N–H and O–H groups in total. The van der Waals surface area contributed by atoms with Gasteiger partial charge in [0, 0.05) is 19.1 Å². The van der Waals surface area contributed by atoms with E-state index in [4.69, 9.17) is 5.73 Å². The maximum absolute atomic E-state index is 9.43. The summed E-state index contributed by atoms with van der Waals surface area (Å²) in [7, 11) is 0. The van der Waals surface area contributed by atoms with Crippen molar-refractivity contribution in [2.75, 3.05) is 13.1 Å². The molecule has 4 heteroatoms. The normalized spacial score (nSPS) is 22.8. The zero-order valence-electron chi connectivity index (χ0n) is 10.1. The fourth-order valence-electron chi connectivity index (χ4n) is 2.36. The van der Waals surface area contributed by atoms with E-state index < -0.39 is 0 Å². The monoisotopic (exact) mass is 236 g/mol. The number of rotatable bonds is 3. The zero-order chi connectivity index (χ0) is 12.4. The average Bonchev–Trinajstić information content (AvgIpc) is 2.72. The van der Waals surface area contributed by atoms with E-state index in [9.17, 15) is 10.2 Å². The highest BCUT2D eigenvalue weighted by Gasteiger charge is 2.25. The molecule has 1 aromatic carbocycles. The molecule has 1 saturated heterocycles. The predicted molar refractivity (Wildman–Crippen MR) is 66.8 cm³/mol. The van der Waals surface area contributed by atoms with Gasteiger partial charge in [-0.15, -0.1) is 0 Å². The van der Waals surface area contributed by atoms with Gasteiger partial charge in [-0.2, -0.15) is 0 Å². The van der Waals surface area contributed by atoms with Crippen molar-refractivity contribution in [2.24, 2.45) is 11.7 Å². The van der Waals surface area contributed by atoms with Crippen molar-refractivity contribution in [1.29, 1.82) is 0 Å². The number of benzene rings is 1. The maximum atomic E-state index is 9.43. The molecule has 2 rings (SSSR count). The maximum Gasteiger partial charge on any atom is 0.157 e. The Morgan fingerprint density at radius 2 is 2.18 bits per heavy atom. The second-order valence-corrected chi connectivity index (χ2v) is 4.97. The number of phenolic OH excluding ortho intramolecular Hbond substituents is 2.